The van der Waals surface area contributed by atoms with E-state index >= 15 is 0 Å². The fourth-order valence-electron chi connectivity index (χ4n) is 4.28. The molecule has 2 N–H and O–H groups in total. The molecule has 0 aliphatic carbocycles. The maximum absolute atomic E-state index is 13.1. The van der Waals surface area contributed by atoms with Gasteiger partial charge in [-0.2, -0.15) is 0 Å². The summed E-state index contributed by atoms with van der Waals surface area (Å²) < 4.78 is 24.3. The number of nitrogens with zero attached hydrogens (tertiary/aromatic N) is 3. The number of thiol groups is 1. The van der Waals surface area contributed by atoms with Crippen molar-refractivity contribution in [1.82, 2.24) is 14.7 Å². The average Bonchev–Trinajstić information content (AvgIpc) is 2.97. The smallest absolute Gasteiger partial charge is 0.258 e. The first-order valence-electron chi connectivity index (χ1n) is 10.0. The van der Waals surface area contributed by atoms with E-state index < -0.39 is 10.9 Å². The van der Waals surface area contributed by atoms with Crippen molar-refractivity contribution in [1.29, 1.82) is 0 Å². The largest absolute Gasteiger partial charge is 0.350 e. The minimum Gasteiger partial charge on any atom is -0.350 e. The van der Waals surface area contributed by atoms with Gasteiger partial charge in [-0.05, 0) is 48.4 Å². The zero-order valence-electron chi connectivity index (χ0n) is 17.1. The molecule has 4 aliphatic rings. The third-order valence-electron chi connectivity index (χ3n) is 5.73. The molecule has 1 aromatic rings. The summed E-state index contributed by atoms with van der Waals surface area (Å²) in [5.74, 6) is 0.682. The second-order valence-corrected chi connectivity index (χ2v) is 8.89. The van der Waals surface area contributed by atoms with Crippen molar-refractivity contribution in [2.75, 3.05) is 29.9 Å². The molecule has 0 saturated carbocycles. The van der Waals surface area contributed by atoms with Gasteiger partial charge in [-0.15, -0.1) is 0 Å². The number of aromatic nitrogens is 2. The van der Waals surface area contributed by atoms with Crippen molar-refractivity contribution < 1.29 is 8.42 Å². The summed E-state index contributed by atoms with van der Waals surface area (Å²) in [5.41, 5.74) is 3.72. The Morgan fingerprint density at radius 1 is 1.22 bits per heavy atom. The normalized spacial score (nSPS) is 14.8. The van der Waals surface area contributed by atoms with Crippen LogP contribution in [0.2, 0.25) is 5.02 Å². The Bertz CT molecular complexity index is 1470. The quantitative estimate of drug-likeness (QED) is 0.484. The summed E-state index contributed by atoms with van der Waals surface area (Å²) in [4.78, 5) is 24.9. The standard InChI is InChI=1S/C22H20ClN5O3S/c1-27-10-7-13(6-9-25-32(30)31)16-12-24-21-18-17(26-22(29)19(18)20(16)27)8-11-28(21)15-4-2-14(23)3-5-15/h2-5,7-8,10,12,32H,6,9,11H2,1H3,(H,26,29)(H,25,30,31). The molecule has 0 unspecified atom stereocenters. The fraction of sp³-hybridized carbons (Fsp3) is 0.182. The molecule has 0 fully saturated rings. The monoisotopic (exact) mass is 469 g/mol. The van der Waals surface area contributed by atoms with Gasteiger partial charge in [0.15, 0.2) is 0 Å². The summed E-state index contributed by atoms with van der Waals surface area (Å²) in [6.07, 6.45) is 8.04. The van der Waals surface area contributed by atoms with E-state index in [-0.39, 0.29) is 12.1 Å². The van der Waals surface area contributed by atoms with Gasteiger partial charge in [-0.25, -0.2) is 18.1 Å². The number of hydrogen-bond acceptors (Lipinski definition) is 6. The van der Waals surface area contributed by atoms with Crippen LogP contribution >= 0.6 is 11.6 Å². The summed E-state index contributed by atoms with van der Waals surface area (Å²) >= 11 is 6.07. The van der Waals surface area contributed by atoms with Gasteiger partial charge in [-0.1, -0.05) is 11.6 Å². The number of allylic oxidation sites excluding steroid dienone is 1. The number of H-pyrrole nitrogens is 1. The van der Waals surface area contributed by atoms with E-state index in [0.29, 0.717) is 29.4 Å². The van der Waals surface area contributed by atoms with E-state index in [2.05, 4.69) is 9.71 Å². The summed E-state index contributed by atoms with van der Waals surface area (Å²) in [6.45, 7) is 0.819. The number of nitrogens with one attached hydrogen (secondary N) is 2. The van der Waals surface area contributed by atoms with Crippen LogP contribution in [-0.4, -0.2) is 38.5 Å². The molecule has 4 heterocycles. The average molecular weight is 470 g/mol. The lowest BCUT2D eigenvalue weighted by Crippen LogP contribution is -2.26. The Morgan fingerprint density at radius 2 is 2.00 bits per heavy atom. The molecule has 0 saturated heterocycles. The maximum Gasteiger partial charge on any atom is 0.258 e. The predicted molar refractivity (Wildman–Crippen MR) is 128 cm³/mol. The molecule has 0 radical (unpaired) electrons. The lowest BCUT2D eigenvalue weighted by Gasteiger charge is -2.26. The highest BCUT2D eigenvalue weighted by atomic mass is 35.5. The first-order chi connectivity index (χ1) is 15.4. The van der Waals surface area contributed by atoms with E-state index in [1.54, 1.807) is 6.20 Å². The molecular formula is C22H20ClN5O3S. The van der Waals surface area contributed by atoms with Crippen molar-refractivity contribution in [2.45, 2.75) is 6.42 Å². The van der Waals surface area contributed by atoms with Gasteiger partial charge in [0.25, 0.3) is 5.56 Å². The SMILES string of the molecule is CN1C=CC(CCN[SH](=O)=O)=c2cnc3c4c([nH]c(=O)c-4c21)=CCN3c1ccc(Cl)cc1. The van der Waals surface area contributed by atoms with Crippen LogP contribution in [0, 0.1) is 0 Å². The molecule has 0 amide bonds. The number of rotatable bonds is 5. The molecule has 0 aromatic heterocycles. The molecule has 0 atom stereocenters. The molecule has 4 aliphatic heterocycles. The highest BCUT2D eigenvalue weighted by Gasteiger charge is 2.29. The third-order valence-corrected chi connectivity index (χ3v) is 6.47. The van der Waals surface area contributed by atoms with Crippen LogP contribution in [-0.2, 0) is 10.9 Å². The van der Waals surface area contributed by atoms with Gasteiger partial charge < -0.3 is 14.8 Å². The molecule has 5 rings (SSSR count). The van der Waals surface area contributed by atoms with Crippen LogP contribution in [0.3, 0.4) is 0 Å². The minimum atomic E-state index is -2.67. The van der Waals surface area contributed by atoms with Crippen molar-refractivity contribution in [3.05, 3.63) is 68.7 Å². The van der Waals surface area contributed by atoms with Gasteiger partial charge in [0.05, 0.1) is 22.2 Å². The Hall–Kier alpha value is -3.14. The van der Waals surface area contributed by atoms with Crippen molar-refractivity contribution in [3.8, 4) is 11.1 Å². The molecule has 32 heavy (non-hydrogen) atoms. The topological polar surface area (TPSA) is 98.4 Å². The summed E-state index contributed by atoms with van der Waals surface area (Å²) in [7, 11) is -0.782. The molecule has 0 bridgehead atoms. The summed E-state index contributed by atoms with van der Waals surface area (Å²) in [5, 5.41) is 2.20. The zero-order chi connectivity index (χ0) is 22.4. The highest BCUT2D eigenvalue weighted by molar-refractivity contribution is 7.70. The first kappa shape index (κ1) is 20.7. The van der Waals surface area contributed by atoms with E-state index in [1.165, 1.54) is 0 Å². The number of halogens is 1. The number of aromatic amines is 1. The van der Waals surface area contributed by atoms with Crippen molar-refractivity contribution in [2.24, 2.45) is 0 Å². The Kier molecular flexibility index (Phi) is 5.24. The van der Waals surface area contributed by atoms with Gasteiger partial charge in [0.1, 0.15) is 5.82 Å². The van der Waals surface area contributed by atoms with E-state index in [1.807, 2.05) is 59.5 Å². The van der Waals surface area contributed by atoms with E-state index in [9.17, 15) is 13.2 Å². The molecule has 8 nitrogen and oxygen atoms in total. The fourth-order valence-corrected chi connectivity index (χ4v) is 4.70. The Morgan fingerprint density at radius 3 is 2.75 bits per heavy atom. The molecule has 164 valence electrons. The van der Waals surface area contributed by atoms with Crippen LogP contribution in [0.1, 0.15) is 6.42 Å². The van der Waals surface area contributed by atoms with Gasteiger partial charge in [0.2, 0.25) is 10.9 Å². The zero-order valence-corrected chi connectivity index (χ0v) is 18.8. The number of benzene rings is 1. The molecule has 10 heteroatoms. The lowest BCUT2D eigenvalue weighted by molar-refractivity contribution is 0.602. The Balaban J connectivity index is 1.75. The summed E-state index contributed by atoms with van der Waals surface area (Å²) in [6, 6.07) is 7.50. The number of fused-ring (bicyclic) bond motifs is 2. The Labute approximate surface area is 190 Å². The van der Waals surface area contributed by atoms with E-state index in [4.69, 9.17) is 16.6 Å². The lowest BCUT2D eigenvalue weighted by atomic mass is 10.0. The van der Waals surface area contributed by atoms with Gasteiger partial charge >= 0.3 is 0 Å². The number of hydrogen-bond donors (Lipinski definition) is 3. The molecule has 0 spiro atoms. The van der Waals surface area contributed by atoms with Crippen LogP contribution in [0.4, 0.5) is 17.2 Å². The van der Waals surface area contributed by atoms with Crippen molar-refractivity contribution in [3.63, 3.8) is 0 Å². The van der Waals surface area contributed by atoms with Gasteiger partial charge in [-0.3, -0.25) is 4.79 Å². The van der Waals surface area contributed by atoms with Gasteiger partial charge in [0, 0.05) is 48.5 Å². The third kappa shape index (κ3) is 3.48. The number of anilines is 3. The maximum atomic E-state index is 13.1. The van der Waals surface area contributed by atoms with Crippen molar-refractivity contribution >= 4 is 51.3 Å². The van der Waals surface area contributed by atoms with Crippen LogP contribution in [0.25, 0.3) is 22.8 Å². The second kappa shape index (κ2) is 8.09. The van der Waals surface area contributed by atoms with Crippen LogP contribution < -0.4 is 30.6 Å². The predicted octanol–water partition coefficient (Wildman–Crippen LogP) is 1.08. The molecule has 1 aromatic carbocycles. The molecular weight excluding hydrogens is 450 g/mol. The van der Waals surface area contributed by atoms with Crippen LogP contribution in [0.15, 0.2) is 47.5 Å². The second-order valence-electron chi connectivity index (χ2n) is 7.62. The van der Waals surface area contributed by atoms with E-state index in [0.717, 1.165) is 33.1 Å². The minimum absolute atomic E-state index is 0.179. The first-order valence-corrected chi connectivity index (χ1v) is 11.6. The van der Waals surface area contributed by atoms with Crippen LogP contribution in [0.5, 0.6) is 0 Å². The highest BCUT2D eigenvalue weighted by Crippen LogP contribution is 2.36.